The van der Waals surface area contributed by atoms with Crippen LogP contribution in [0.25, 0.3) is 0 Å². The third-order valence-electron chi connectivity index (χ3n) is 2.72. The molecule has 0 unspecified atom stereocenters. The highest BCUT2D eigenvalue weighted by Crippen LogP contribution is 2.36. The van der Waals surface area contributed by atoms with Gasteiger partial charge < -0.3 is 4.79 Å². The minimum Gasteiger partial charge on any atom is -0.303 e. The van der Waals surface area contributed by atoms with E-state index in [9.17, 15) is 4.79 Å². The molecule has 68 valence electrons. The summed E-state index contributed by atoms with van der Waals surface area (Å²) in [6.07, 6.45) is 2.62. The largest absolute Gasteiger partial charge is 0.303 e. The number of hydrogen-bond acceptors (Lipinski definition) is 1. The molecule has 0 radical (unpaired) electrons. The topological polar surface area (TPSA) is 17.1 Å². The van der Waals surface area contributed by atoms with Gasteiger partial charge in [-0.05, 0) is 24.0 Å². The van der Waals surface area contributed by atoms with E-state index in [1.54, 1.807) is 0 Å². The Morgan fingerprint density at radius 3 is 2.23 bits per heavy atom. The highest BCUT2D eigenvalue weighted by molar-refractivity contribution is 6.19. The van der Waals surface area contributed by atoms with Crippen LogP contribution in [-0.2, 0) is 17.6 Å². The van der Waals surface area contributed by atoms with Crippen molar-refractivity contribution in [2.24, 2.45) is 5.41 Å². The van der Waals surface area contributed by atoms with Gasteiger partial charge in [0.1, 0.15) is 6.29 Å². The number of carbonyl (C=O) groups is 1. The molecule has 0 atom stereocenters. The van der Waals surface area contributed by atoms with Crippen LogP contribution in [0.15, 0.2) is 24.3 Å². The van der Waals surface area contributed by atoms with Crippen molar-refractivity contribution in [2.75, 3.05) is 5.88 Å². The Balaban J connectivity index is 2.35. The third-order valence-corrected chi connectivity index (χ3v) is 3.25. The maximum Gasteiger partial charge on any atom is 0.128 e. The maximum atomic E-state index is 10.9. The lowest BCUT2D eigenvalue weighted by atomic mass is 9.89. The van der Waals surface area contributed by atoms with Gasteiger partial charge in [-0.15, -0.1) is 11.6 Å². The molecule has 0 amide bonds. The van der Waals surface area contributed by atoms with Crippen molar-refractivity contribution < 1.29 is 4.79 Å². The molecular weight excluding hydrogens is 184 g/mol. The van der Waals surface area contributed by atoms with Gasteiger partial charge in [0.2, 0.25) is 0 Å². The SMILES string of the molecule is O=CC1(CCl)Cc2ccccc2C1. The maximum absolute atomic E-state index is 10.9. The highest BCUT2D eigenvalue weighted by Gasteiger charge is 2.35. The second kappa shape index (κ2) is 3.15. The summed E-state index contributed by atoms with van der Waals surface area (Å²) in [5.41, 5.74) is 2.22. The van der Waals surface area contributed by atoms with E-state index in [1.165, 1.54) is 11.1 Å². The summed E-state index contributed by atoms with van der Waals surface area (Å²) >= 11 is 5.82. The summed E-state index contributed by atoms with van der Waals surface area (Å²) in [6.45, 7) is 0. The second-order valence-corrected chi connectivity index (χ2v) is 4.00. The molecule has 0 aliphatic heterocycles. The van der Waals surface area contributed by atoms with Gasteiger partial charge in [-0.25, -0.2) is 0 Å². The first-order valence-electron chi connectivity index (χ1n) is 4.39. The fourth-order valence-corrected chi connectivity index (χ4v) is 2.18. The summed E-state index contributed by atoms with van der Waals surface area (Å²) in [5.74, 6) is 0.422. The molecule has 0 aromatic heterocycles. The molecule has 0 fully saturated rings. The van der Waals surface area contributed by atoms with Crippen molar-refractivity contribution in [3.8, 4) is 0 Å². The van der Waals surface area contributed by atoms with Crippen LogP contribution in [0.1, 0.15) is 11.1 Å². The van der Waals surface area contributed by atoms with Crippen LogP contribution in [0, 0.1) is 5.41 Å². The standard InChI is InChI=1S/C11H11ClO/c12-7-11(8-13)5-9-3-1-2-4-10(9)6-11/h1-4,8H,5-7H2. The lowest BCUT2D eigenvalue weighted by Crippen LogP contribution is -2.25. The first kappa shape index (κ1) is 8.76. The second-order valence-electron chi connectivity index (χ2n) is 3.74. The van der Waals surface area contributed by atoms with E-state index in [4.69, 9.17) is 11.6 Å². The van der Waals surface area contributed by atoms with E-state index >= 15 is 0 Å². The van der Waals surface area contributed by atoms with Crippen LogP contribution in [0.5, 0.6) is 0 Å². The fraction of sp³-hybridized carbons (Fsp3) is 0.364. The van der Waals surface area contributed by atoms with Crippen LogP contribution in [0.4, 0.5) is 0 Å². The number of alkyl halides is 1. The van der Waals surface area contributed by atoms with Crippen molar-refractivity contribution in [1.82, 2.24) is 0 Å². The van der Waals surface area contributed by atoms with Crippen molar-refractivity contribution >= 4 is 17.9 Å². The molecule has 1 aromatic rings. The summed E-state index contributed by atoms with van der Waals surface area (Å²) in [4.78, 5) is 10.9. The molecular formula is C11H11ClO. The monoisotopic (exact) mass is 194 g/mol. The summed E-state index contributed by atoms with van der Waals surface area (Å²) in [5, 5.41) is 0. The van der Waals surface area contributed by atoms with Gasteiger partial charge in [-0.2, -0.15) is 0 Å². The zero-order chi connectivity index (χ0) is 9.31. The van der Waals surface area contributed by atoms with Crippen LogP contribution in [0.2, 0.25) is 0 Å². The molecule has 0 saturated carbocycles. The normalized spacial score (nSPS) is 18.2. The molecule has 1 aliphatic rings. The van der Waals surface area contributed by atoms with Crippen LogP contribution in [-0.4, -0.2) is 12.2 Å². The molecule has 2 heteroatoms. The molecule has 0 heterocycles. The number of rotatable bonds is 2. The van der Waals surface area contributed by atoms with Gasteiger partial charge in [-0.3, -0.25) is 0 Å². The molecule has 0 spiro atoms. The summed E-state index contributed by atoms with van der Waals surface area (Å²) in [7, 11) is 0. The Hall–Kier alpha value is -0.820. The Morgan fingerprint density at radius 1 is 1.31 bits per heavy atom. The minimum absolute atomic E-state index is 0.328. The predicted molar refractivity (Wildman–Crippen MR) is 53.1 cm³/mol. The fourth-order valence-electron chi connectivity index (χ4n) is 1.93. The molecule has 1 aromatic carbocycles. The summed E-state index contributed by atoms with van der Waals surface area (Å²) in [6, 6.07) is 8.17. The predicted octanol–water partition coefficient (Wildman–Crippen LogP) is 2.21. The molecule has 0 bridgehead atoms. The number of hydrogen-bond donors (Lipinski definition) is 0. The lowest BCUT2D eigenvalue weighted by molar-refractivity contribution is -0.114. The molecule has 1 nitrogen and oxygen atoms in total. The smallest absolute Gasteiger partial charge is 0.128 e. The minimum atomic E-state index is -0.328. The molecule has 0 saturated heterocycles. The average molecular weight is 195 g/mol. The van der Waals surface area contributed by atoms with Crippen molar-refractivity contribution in [3.05, 3.63) is 35.4 Å². The van der Waals surface area contributed by atoms with Gasteiger partial charge in [0, 0.05) is 11.3 Å². The van der Waals surface area contributed by atoms with Crippen molar-refractivity contribution in [2.45, 2.75) is 12.8 Å². The summed E-state index contributed by atoms with van der Waals surface area (Å²) < 4.78 is 0. The lowest BCUT2D eigenvalue weighted by Gasteiger charge is -2.16. The van der Waals surface area contributed by atoms with E-state index in [0.29, 0.717) is 5.88 Å². The number of halogens is 1. The van der Waals surface area contributed by atoms with Gasteiger partial charge >= 0.3 is 0 Å². The number of carbonyl (C=O) groups excluding carboxylic acids is 1. The molecule has 0 N–H and O–H groups in total. The van der Waals surface area contributed by atoms with E-state index in [0.717, 1.165) is 19.1 Å². The third kappa shape index (κ3) is 1.37. The van der Waals surface area contributed by atoms with Crippen LogP contribution < -0.4 is 0 Å². The van der Waals surface area contributed by atoms with Crippen molar-refractivity contribution in [1.29, 1.82) is 0 Å². The molecule has 13 heavy (non-hydrogen) atoms. The van der Waals surface area contributed by atoms with E-state index in [-0.39, 0.29) is 5.41 Å². The molecule has 2 rings (SSSR count). The number of benzene rings is 1. The van der Waals surface area contributed by atoms with Crippen LogP contribution in [0.3, 0.4) is 0 Å². The number of fused-ring (bicyclic) bond motifs is 1. The Kier molecular flexibility index (Phi) is 2.12. The quantitative estimate of drug-likeness (QED) is 0.521. The van der Waals surface area contributed by atoms with E-state index < -0.39 is 0 Å². The first-order chi connectivity index (χ1) is 6.29. The van der Waals surface area contributed by atoms with Gasteiger partial charge in [-0.1, -0.05) is 24.3 Å². The van der Waals surface area contributed by atoms with E-state index in [2.05, 4.69) is 12.1 Å². The number of aldehydes is 1. The zero-order valence-electron chi connectivity index (χ0n) is 7.29. The van der Waals surface area contributed by atoms with E-state index in [1.807, 2.05) is 12.1 Å². The Morgan fingerprint density at radius 2 is 1.85 bits per heavy atom. The van der Waals surface area contributed by atoms with Crippen LogP contribution >= 0.6 is 11.6 Å². The van der Waals surface area contributed by atoms with Gasteiger partial charge in [0.25, 0.3) is 0 Å². The Labute approximate surface area is 82.7 Å². The van der Waals surface area contributed by atoms with Gasteiger partial charge in [0.05, 0.1) is 0 Å². The Bertz CT molecular complexity index is 308. The first-order valence-corrected chi connectivity index (χ1v) is 4.92. The zero-order valence-corrected chi connectivity index (χ0v) is 8.05. The average Bonchev–Trinajstić information content (AvgIpc) is 2.57. The highest BCUT2D eigenvalue weighted by atomic mass is 35.5. The molecule has 1 aliphatic carbocycles. The van der Waals surface area contributed by atoms with Crippen molar-refractivity contribution in [3.63, 3.8) is 0 Å². The van der Waals surface area contributed by atoms with Gasteiger partial charge in [0.15, 0.2) is 0 Å².